The predicted octanol–water partition coefficient (Wildman–Crippen LogP) is 2.98. The Bertz CT molecular complexity index is 748. The van der Waals surface area contributed by atoms with Crippen LogP contribution in [-0.2, 0) is 22.6 Å². The zero-order chi connectivity index (χ0) is 18.2. The molecule has 2 N–H and O–H groups in total. The van der Waals surface area contributed by atoms with Gasteiger partial charge in [0.05, 0.1) is 7.11 Å². The van der Waals surface area contributed by atoms with Crippen LogP contribution in [0.25, 0.3) is 0 Å². The van der Waals surface area contributed by atoms with Crippen molar-refractivity contribution in [3.8, 4) is 5.75 Å². The Balaban J connectivity index is 1.75. The second-order valence-corrected chi connectivity index (χ2v) is 6.12. The molecule has 0 spiro atoms. The van der Waals surface area contributed by atoms with Crippen molar-refractivity contribution >= 4 is 35.0 Å². The minimum atomic E-state index is -0.682. The second-order valence-electron chi connectivity index (χ2n) is 5.27. The Morgan fingerprint density at radius 3 is 2.32 bits per heavy atom. The Morgan fingerprint density at radius 2 is 1.68 bits per heavy atom. The standard InChI is InChI=1S/C18H18Cl2N2O3/c1-25-15-6-2-12(3-7-15)11-22-18(24)17(23)21-9-8-13-4-5-14(19)10-16(13)20/h2-7,10H,8-9,11H2,1H3,(H,21,23)(H,22,24). The molecule has 25 heavy (non-hydrogen) atoms. The average molecular weight is 381 g/mol. The van der Waals surface area contributed by atoms with Gasteiger partial charge in [0.2, 0.25) is 0 Å². The van der Waals surface area contributed by atoms with E-state index in [-0.39, 0.29) is 6.54 Å². The van der Waals surface area contributed by atoms with E-state index in [4.69, 9.17) is 27.9 Å². The summed E-state index contributed by atoms with van der Waals surface area (Å²) < 4.78 is 5.06. The minimum absolute atomic E-state index is 0.263. The average Bonchev–Trinajstić information content (AvgIpc) is 2.61. The molecule has 2 amide bonds. The van der Waals surface area contributed by atoms with Crippen molar-refractivity contribution in [1.29, 1.82) is 0 Å². The molecular weight excluding hydrogens is 363 g/mol. The summed E-state index contributed by atoms with van der Waals surface area (Å²) in [6.45, 7) is 0.565. The highest BCUT2D eigenvalue weighted by atomic mass is 35.5. The Labute approximate surface area is 156 Å². The molecule has 0 aliphatic carbocycles. The Morgan fingerprint density at radius 1 is 1.00 bits per heavy atom. The van der Waals surface area contributed by atoms with Crippen LogP contribution in [0.15, 0.2) is 42.5 Å². The van der Waals surface area contributed by atoms with Gasteiger partial charge in [-0.05, 0) is 41.8 Å². The molecule has 0 saturated heterocycles. The maximum Gasteiger partial charge on any atom is 0.309 e. The third kappa shape index (κ3) is 5.96. The normalized spacial score (nSPS) is 10.2. The number of hydrogen-bond donors (Lipinski definition) is 2. The number of hydrogen-bond acceptors (Lipinski definition) is 3. The van der Waals surface area contributed by atoms with Gasteiger partial charge in [0.1, 0.15) is 5.75 Å². The molecule has 132 valence electrons. The molecule has 0 aromatic heterocycles. The number of methoxy groups -OCH3 is 1. The van der Waals surface area contributed by atoms with Gasteiger partial charge in [-0.3, -0.25) is 9.59 Å². The molecule has 0 bridgehead atoms. The van der Waals surface area contributed by atoms with Gasteiger partial charge in [0.15, 0.2) is 0 Å². The van der Waals surface area contributed by atoms with Crippen LogP contribution in [0.4, 0.5) is 0 Å². The summed E-state index contributed by atoms with van der Waals surface area (Å²) in [5, 5.41) is 6.22. The zero-order valence-electron chi connectivity index (χ0n) is 13.6. The van der Waals surface area contributed by atoms with Gasteiger partial charge < -0.3 is 15.4 Å². The van der Waals surface area contributed by atoms with E-state index in [0.717, 1.165) is 16.9 Å². The lowest BCUT2D eigenvalue weighted by Crippen LogP contribution is -2.40. The molecule has 0 aliphatic heterocycles. The van der Waals surface area contributed by atoms with E-state index in [1.807, 2.05) is 12.1 Å². The van der Waals surface area contributed by atoms with E-state index in [0.29, 0.717) is 23.0 Å². The van der Waals surface area contributed by atoms with E-state index >= 15 is 0 Å². The van der Waals surface area contributed by atoms with E-state index in [1.165, 1.54) is 0 Å². The fraction of sp³-hybridized carbons (Fsp3) is 0.222. The molecule has 0 atom stereocenters. The lowest BCUT2D eigenvalue weighted by atomic mass is 10.1. The highest BCUT2D eigenvalue weighted by Crippen LogP contribution is 2.21. The van der Waals surface area contributed by atoms with Gasteiger partial charge in [-0.15, -0.1) is 0 Å². The van der Waals surface area contributed by atoms with Crippen LogP contribution < -0.4 is 15.4 Å². The summed E-state index contributed by atoms with van der Waals surface area (Å²) in [5.74, 6) is -0.634. The van der Waals surface area contributed by atoms with E-state index in [9.17, 15) is 9.59 Å². The predicted molar refractivity (Wildman–Crippen MR) is 98.0 cm³/mol. The van der Waals surface area contributed by atoms with Crippen LogP contribution in [0, 0.1) is 0 Å². The molecule has 2 aromatic rings. The van der Waals surface area contributed by atoms with Crippen molar-refractivity contribution in [3.05, 3.63) is 63.6 Å². The van der Waals surface area contributed by atoms with Crippen molar-refractivity contribution in [3.63, 3.8) is 0 Å². The first-order valence-corrected chi connectivity index (χ1v) is 8.38. The fourth-order valence-corrected chi connectivity index (χ4v) is 2.62. The third-order valence-corrected chi connectivity index (χ3v) is 4.10. The third-order valence-electron chi connectivity index (χ3n) is 3.51. The Kier molecular flexibility index (Phi) is 7.10. The highest BCUT2D eigenvalue weighted by molar-refractivity contribution is 6.35. The smallest absolute Gasteiger partial charge is 0.309 e. The number of nitrogens with one attached hydrogen (secondary N) is 2. The van der Waals surface area contributed by atoms with Crippen molar-refractivity contribution in [2.75, 3.05) is 13.7 Å². The fourth-order valence-electron chi connectivity index (χ4n) is 2.12. The molecule has 0 saturated carbocycles. The SMILES string of the molecule is COc1ccc(CNC(=O)C(=O)NCCc2ccc(Cl)cc2Cl)cc1. The summed E-state index contributed by atoms with van der Waals surface area (Å²) in [5.41, 5.74) is 1.72. The van der Waals surface area contributed by atoms with Crippen LogP contribution in [-0.4, -0.2) is 25.5 Å². The quantitative estimate of drug-likeness (QED) is 0.756. The summed E-state index contributed by atoms with van der Waals surface area (Å²) in [4.78, 5) is 23.6. The number of amides is 2. The largest absolute Gasteiger partial charge is 0.497 e. The molecule has 2 aromatic carbocycles. The molecule has 0 heterocycles. The number of carbonyl (C=O) groups is 2. The molecule has 0 fully saturated rings. The summed E-state index contributed by atoms with van der Waals surface area (Å²) in [6.07, 6.45) is 0.507. The lowest BCUT2D eigenvalue weighted by molar-refractivity contribution is -0.139. The zero-order valence-corrected chi connectivity index (χ0v) is 15.2. The lowest BCUT2D eigenvalue weighted by Gasteiger charge is -2.08. The number of ether oxygens (including phenoxy) is 1. The summed E-state index contributed by atoms with van der Waals surface area (Å²) >= 11 is 11.9. The topological polar surface area (TPSA) is 67.4 Å². The monoisotopic (exact) mass is 380 g/mol. The molecule has 7 heteroatoms. The second kappa shape index (κ2) is 9.30. The van der Waals surface area contributed by atoms with Gasteiger partial charge in [-0.25, -0.2) is 0 Å². The van der Waals surface area contributed by atoms with Gasteiger partial charge in [-0.2, -0.15) is 0 Å². The maximum absolute atomic E-state index is 11.8. The first-order chi connectivity index (χ1) is 12.0. The van der Waals surface area contributed by atoms with Gasteiger partial charge in [-0.1, -0.05) is 41.4 Å². The van der Waals surface area contributed by atoms with E-state index in [1.54, 1.807) is 37.4 Å². The first kappa shape index (κ1) is 19.1. The maximum atomic E-state index is 11.8. The van der Waals surface area contributed by atoms with Crippen LogP contribution in [0.2, 0.25) is 10.0 Å². The molecule has 0 aliphatic rings. The van der Waals surface area contributed by atoms with E-state index < -0.39 is 11.8 Å². The molecule has 5 nitrogen and oxygen atoms in total. The molecular formula is C18H18Cl2N2O3. The molecule has 0 unspecified atom stereocenters. The van der Waals surface area contributed by atoms with Crippen LogP contribution in [0.3, 0.4) is 0 Å². The molecule has 2 rings (SSSR count). The number of rotatable bonds is 6. The van der Waals surface area contributed by atoms with Crippen molar-refractivity contribution < 1.29 is 14.3 Å². The van der Waals surface area contributed by atoms with Crippen molar-refractivity contribution in [2.24, 2.45) is 0 Å². The van der Waals surface area contributed by atoms with Crippen molar-refractivity contribution in [2.45, 2.75) is 13.0 Å². The van der Waals surface area contributed by atoms with Crippen molar-refractivity contribution in [1.82, 2.24) is 10.6 Å². The van der Waals surface area contributed by atoms with Crippen LogP contribution in [0.1, 0.15) is 11.1 Å². The number of benzene rings is 2. The first-order valence-electron chi connectivity index (χ1n) is 7.62. The van der Waals surface area contributed by atoms with Gasteiger partial charge in [0, 0.05) is 23.1 Å². The highest BCUT2D eigenvalue weighted by Gasteiger charge is 2.12. The van der Waals surface area contributed by atoms with Gasteiger partial charge >= 0.3 is 11.8 Å². The number of halogens is 2. The minimum Gasteiger partial charge on any atom is -0.497 e. The van der Waals surface area contributed by atoms with E-state index in [2.05, 4.69) is 10.6 Å². The van der Waals surface area contributed by atoms with Crippen LogP contribution >= 0.6 is 23.2 Å². The summed E-state index contributed by atoms with van der Waals surface area (Å²) in [7, 11) is 1.58. The number of carbonyl (C=O) groups excluding carboxylic acids is 2. The van der Waals surface area contributed by atoms with Gasteiger partial charge in [0.25, 0.3) is 0 Å². The van der Waals surface area contributed by atoms with Crippen LogP contribution in [0.5, 0.6) is 5.75 Å². The Hall–Kier alpha value is -2.24. The molecule has 0 radical (unpaired) electrons. The summed E-state index contributed by atoms with van der Waals surface area (Å²) in [6, 6.07) is 12.4.